The zero-order chi connectivity index (χ0) is 11.9. The van der Waals surface area contributed by atoms with Crippen LogP contribution in [-0.4, -0.2) is 13.1 Å². The van der Waals surface area contributed by atoms with Gasteiger partial charge >= 0.3 is 0 Å². The average molecular weight is 227 g/mol. The maximum atomic E-state index is 2.39. The van der Waals surface area contributed by atoms with Gasteiger partial charge in [0.1, 0.15) is 0 Å². The second kappa shape index (κ2) is 6.04. The van der Waals surface area contributed by atoms with E-state index < -0.39 is 0 Å². The summed E-state index contributed by atoms with van der Waals surface area (Å²) in [6.45, 7) is 5.29. The normalized spacial score (nSPS) is 10.2. The van der Waals surface area contributed by atoms with Crippen molar-refractivity contribution >= 4 is 5.69 Å². The lowest BCUT2D eigenvalue weighted by molar-refractivity contribution is -0.694. The fourth-order valence-electron chi connectivity index (χ4n) is 1.93. The number of pyridine rings is 1. The molecule has 0 amide bonds. The molecule has 2 rings (SSSR count). The molecule has 1 heterocycles. The molecule has 0 atom stereocenters. The largest absolute Gasteiger partial charge is 0.365 e. The molecule has 0 N–H and O–H groups in total. The predicted octanol–water partition coefficient (Wildman–Crippen LogP) is 2.50. The maximum absolute atomic E-state index is 2.39. The van der Waals surface area contributed by atoms with Crippen molar-refractivity contribution in [1.29, 1.82) is 0 Å². The summed E-state index contributed by atoms with van der Waals surface area (Å²) in [6, 6.07) is 16.8. The standard InChI is InChI=1S/C15H19N2/c1-2-17(15-9-5-3-6-10-15)14-13-16-11-7-4-8-12-16/h3-12H,2,13-14H2,1H3/q+1. The average Bonchev–Trinajstić information content (AvgIpc) is 2.42. The number of para-hydroxylation sites is 1. The molecule has 2 heteroatoms. The molecular formula is C15H19N2+. The van der Waals surface area contributed by atoms with Crippen LogP contribution in [0.15, 0.2) is 60.9 Å². The number of hydrogen-bond acceptors (Lipinski definition) is 1. The molecule has 0 radical (unpaired) electrons. The molecule has 0 saturated heterocycles. The van der Waals surface area contributed by atoms with Gasteiger partial charge in [0.05, 0.1) is 6.54 Å². The first-order valence-corrected chi connectivity index (χ1v) is 6.14. The van der Waals surface area contributed by atoms with Crippen LogP contribution in [0.25, 0.3) is 0 Å². The van der Waals surface area contributed by atoms with Gasteiger partial charge < -0.3 is 4.90 Å². The highest BCUT2D eigenvalue weighted by Crippen LogP contribution is 2.11. The van der Waals surface area contributed by atoms with Crippen LogP contribution in [0.4, 0.5) is 5.69 Å². The van der Waals surface area contributed by atoms with E-state index in [2.05, 4.69) is 71.2 Å². The van der Waals surface area contributed by atoms with Crippen molar-refractivity contribution in [1.82, 2.24) is 0 Å². The van der Waals surface area contributed by atoms with E-state index in [9.17, 15) is 0 Å². The summed E-state index contributed by atoms with van der Waals surface area (Å²) in [5.74, 6) is 0. The van der Waals surface area contributed by atoms with Crippen molar-refractivity contribution < 1.29 is 4.57 Å². The Morgan fingerprint density at radius 1 is 0.941 bits per heavy atom. The van der Waals surface area contributed by atoms with Crippen LogP contribution in [0.3, 0.4) is 0 Å². The Labute approximate surface area is 103 Å². The molecule has 0 spiro atoms. The number of anilines is 1. The zero-order valence-electron chi connectivity index (χ0n) is 10.3. The van der Waals surface area contributed by atoms with Gasteiger partial charge in [0.15, 0.2) is 18.9 Å². The molecular weight excluding hydrogens is 208 g/mol. The van der Waals surface area contributed by atoms with E-state index in [1.54, 1.807) is 0 Å². The molecule has 1 aromatic heterocycles. The second-order valence-electron chi connectivity index (χ2n) is 4.03. The Morgan fingerprint density at radius 3 is 2.24 bits per heavy atom. The van der Waals surface area contributed by atoms with Crippen molar-refractivity contribution in [2.45, 2.75) is 13.5 Å². The van der Waals surface area contributed by atoms with Crippen LogP contribution in [0.5, 0.6) is 0 Å². The summed E-state index contributed by atoms with van der Waals surface area (Å²) in [7, 11) is 0. The maximum Gasteiger partial charge on any atom is 0.168 e. The quantitative estimate of drug-likeness (QED) is 0.712. The lowest BCUT2D eigenvalue weighted by Gasteiger charge is -2.21. The highest BCUT2D eigenvalue weighted by molar-refractivity contribution is 5.45. The molecule has 1 aromatic carbocycles. The van der Waals surface area contributed by atoms with Crippen LogP contribution in [-0.2, 0) is 6.54 Å². The fourth-order valence-corrected chi connectivity index (χ4v) is 1.93. The Bertz CT molecular complexity index is 425. The third-order valence-electron chi connectivity index (χ3n) is 2.91. The van der Waals surface area contributed by atoms with Crippen LogP contribution < -0.4 is 9.47 Å². The highest BCUT2D eigenvalue weighted by atomic mass is 15.1. The number of hydrogen-bond donors (Lipinski definition) is 0. The molecule has 0 saturated carbocycles. The number of likely N-dealkylation sites (N-methyl/N-ethyl adjacent to an activating group) is 1. The molecule has 2 nitrogen and oxygen atoms in total. The topological polar surface area (TPSA) is 7.12 Å². The zero-order valence-corrected chi connectivity index (χ0v) is 10.3. The summed E-state index contributed by atoms with van der Waals surface area (Å²) in [5.41, 5.74) is 1.30. The molecule has 0 fully saturated rings. The lowest BCUT2D eigenvalue weighted by atomic mass is 10.3. The molecule has 0 aliphatic heterocycles. The van der Waals surface area contributed by atoms with Crippen LogP contribution in [0.2, 0.25) is 0 Å². The van der Waals surface area contributed by atoms with Crippen LogP contribution in [0, 0.1) is 0 Å². The SMILES string of the molecule is CCN(CC[n+]1ccccc1)c1ccccc1. The van der Waals surface area contributed by atoms with Crippen molar-refractivity contribution in [2.24, 2.45) is 0 Å². The second-order valence-corrected chi connectivity index (χ2v) is 4.03. The van der Waals surface area contributed by atoms with Gasteiger partial charge in [-0.1, -0.05) is 24.3 Å². The van der Waals surface area contributed by atoms with E-state index in [4.69, 9.17) is 0 Å². The summed E-state index contributed by atoms with van der Waals surface area (Å²) in [6.07, 6.45) is 4.22. The summed E-state index contributed by atoms with van der Waals surface area (Å²) in [5, 5.41) is 0. The summed E-state index contributed by atoms with van der Waals surface area (Å²) < 4.78 is 2.21. The lowest BCUT2D eigenvalue weighted by Crippen LogP contribution is -2.40. The van der Waals surface area contributed by atoms with E-state index in [1.807, 2.05) is 6.07 Å². The monoisotopic (exact) mass is 227 g/mol. The van der Waals surface area contributed by atoms with Gasteiger partial charge in [-0.3, -0.25) is 0 Å². The van der Waals surface area contributed by atoms with Crippen molar-refractivity contribution in [3.05, 3.63) is 60.9 Å². The molecule has 0 unspecified atom stereocenters. The van der Waals surface area contributed by atoms with E-state index >= 15 is 0 Å². The smallest absolute Gasteiger partial charge is 0.168 e. The molecule has 2 aromatic rings. The molecule has 17 heavy (non-hydrogen) atoms. The summed E-state index contributed by atoms with van der Waals surface area (Å²) >= 11 is 0. The predicted molar refractivity (Wildman–Crippen MR) is 71.0 cm³/mol. The molecule has 0 aliphatic carbocycles. The van der Waals surface area contributed by atoms with Gasteiger partial charge in [-0.2, -0.15) is 0 Å². The Balaban J connectivity index is 1.97. The van der Waals surface area contributed by atoms with E-state index in [1.165, 1.54) is 5.69 Å². The third-order valence-corrected chi connectivity index (χ3v) is 2.91. The van der Waals surface area contributed by atoms with E-state index in [-0.39, 0.29) is 0 Å². The molecule has 88 valence electrons. The van der Waals surface area contributed by atoms with Crippen LogP contribution in [0.1, 0.15) is 6.92 Å². The first kappa shape index (κ1) is 11.6. The number of benzene rings is 1. The van der Waals surface area contributed by atoms with Gasteiger partial charge in [0, 0.05) is 24.4 Å². The first-order valence-electron chi connectivity index (χ1n) is 6.14. The van der Waals surface area contributed by atoms with Crippen molar-refractivity contribution in [3.63, 3.8) is 0 Å². The van der Waals surface area contributed by atoms with E-state index in [0.717, 1.165) is 19.6 Å². The third kappa shape index (κ3) is 3.31. The van der Waals surface area contributed by atoms with Crippen LogP contribution >= 0.6 is 0 Å². The van der Waals surface area contributed by atoms with Gasteiger partial charge in [0.25, 0.3) is 0 Å². The van der Waals surface area contributed by atoms with Gasteiger partial charge in [-0.15, -0.1) is 0 Å². The Morgan fingerprint density at radius 2 is 1.59 bits per heavy atom. The van der Waals surface area contributed by atoms with Crippen molar-refractivity contribution in [2.75, 3.05) is 18.0 Å². The van der Waals surface area contributed by atoms with Gasteiger partial charge in [0.2, 0.25) is 0 Å². The first-order chi connectivity index (χ1) is 8.40. The minimum atomic E-state index is 1.02. The van der Waals surface area contributed by atoms with Gasteiger partial charge in [-0.05, 0) is 19.1 Å². The molecule has 0 bridgehead atoms. The fraction of sp³-hybridized carbons (Fsp3) is 0.267. The van der Waals surface area contributed by atoms with E-state index in [0.29, 0.717) is 0 Å². The number of aromatic nitrogens is 1. The Hall–Kier alpha value is -1.83. The minimum absolute atomic E-state index is 1.02. The minimum Gasteiger partial charge on any atom is -0.365 e. The van der Waals surface area contributed by atoms with Gasteiger partial charge in [-0.25, -0.2) is 4.57 Å². The summed E-state index contributed by atoms with van der Waals surface area (Å²) in [4.78, 5) is 2.39. The number of rotatable bonds is 5. The highest BCUT2D eigenvalue weighted by Gasteiger charge is 2.06. The van der Waals surface area contributed by atoms with Crippen molar-refractivity contribution in [3.8, 4) is 0 Å². The molecule has 0 aliphatic rings. The number of nitrogens with zero attached hydrogens (tertiary/aromatic N) is 2. The Kier molecular flexibility index (Phi) is 4.14.